The highest BCUT2D eigenvalue weighted by Gasteiger charge is 2.13. The summed E-state index contributed by atoms with van der Waals surface area (Å²) in [5.74, 6) is -0.0757. The summed E-state index contributed by atoms with van der Waals surface area (Å²) in [6.45, 7) is 8.06. The van der Waals surface area contributed by atoms with Gasteiger partial charge in [-0.2, -0.15) is 0 Å². The highest BCUT2D eigenvalue weighted by molar-refractivity contribution is 5.97. The molecule has 1 N–H and O–H groups in total. The van der Waals surface area contributed by atoms with Crippen molar-refractivity contribution in [2.24, 2.45) is 0 Å². The van der Waals surface area contributed by atoms with Crippen molar-refractivity contribution in [1.29, 1.82) is 0 Å². The molecule has 0 atom stereocenters. The van der Waals surface area contributed by atoms with Crippen LogP contribution in [0.1, 0.15) is 54.3 Å². The number of hydrogen-bond acceptors (Lipinski definition) is 2. The van der Waals surface area contributed by atoms with Crippen LogP contribution in [0.3, 0.4) is 0 Å². The number of carbonyl (C=O) groups is 2. The number of nitrogens with one attached hydrogen (secondary N) is 1. The Morgan fingerprint density at radius 3 is 2.05 bits per heavy atom. The minimum atomic E-state index is -0.0831. The summed E-state index contributed by atoms with van der Waals surface area (Å²) in [6, 6.07) is 6.85. The summed E-state index contributed by atoms with van der Waals surface area (Å²) in [7, 11) is 0. The fourth-order valence-electron chi connectivity index (χ4n) is 1.94. The third-order valence-corrected chi connectivity index (χ3v) is 3.26. The Labute approximate surface area is 121 Å². The maximum atomic E-state index is 12.1. The Balaban J connectivity index is 2.68. The number of hydrogen-bond donors (Lipinski definition) is 1. The molecule has 1 aromatic rings. The molecule has 0 spiro atoms. The molecular formula is C16H24N2O2. The second-order valence-corrected chi connectivity index (χ2v) is 4.66. The van der Waals surface area contributed by atoms with Gasteiger partial charge in [0.2, 0.25) is 0 Å². The fraction of sp³-hybridized carbons (Fsp3) is 0.500. The second kappa shape index (κ2) is 8.35. The van der Waals surface area contributed by atoms with Crippen LogP contribution in [0.4, 0.5) is 0 Å². The Hall–Kier alpha value is -1.84. The van der Waals surface area contributed by atoms with E-state index in [9.17, 15) is 9.59 Å². The van der Waals surface area contributed by atoms with Crippen LogP contribution in [0.2, 0.25) is 0 Å². The van der Waals surface area contributed by atoms with Gasteiger partial charge in [0.15, 0.2) is 0 Å². The largest absolute Gasteiger partial charge is 0.352 e. The Morgan fingerprint density at radius 2 is 1.55 bits per heavy atom. The molecule has 0 unspecified atom stereocenters. The molecule has 2 amide bonds. The monoisotopic (exact) mass is 276 g/mol. The lowest BCUT2D eigenvalue weighted by Gasteiger charge is -2.18. The first-order valence-corrected chi connectivity index (χ1v) is 7.31. The highest BCUT2D eigenvalue weighted by Crippen LogP contribution is 2.08. The predicted octanol–water partition coefficient (Wildman–Crippen LogP) is 2.70. The molecule has 1 rings (SSSR count). The Morgan fingerprint density at radius 1 is 1.00 bits per heavy atom. The van der Waals surface area contributed by atoms with E-state index in [0.717, 1.165) is 12.8 Å². The molecule has 0 fully saturated rings. The van der Waals surface area contributed by atoms with Crippen LogP contribution in [0.25, 0.3) is 0 Å². The van der Waals surface area contributed by atoms with Crippen LogP contribution in [0.15, 0.2) is 24.3 Å². The minimum absolute atomic E-state index is 0.00735. The van der Waals surface area contributed by atoms with Crippen LogP contribution in [-0.4, -0.2) is 36.3 Å². The van der Waals surface area contributed by atoms with Crippen molar-refractivity contribution in [2.75, 3.05) is 19.6 Å². The number of benzene rings is 1. The normalized spacial score (nSPS) is 10.2. The third kappa shape index (κ3) is 4.37. The number of unbranched alkanes of at least 4 members (excludes halogenated alkanes) is 1. The van der Waals surface area contributed by atoms with E-state index in [-0.39, 0.29) is 11.8 Å². The molecule has 0 aliphatic carbocycles. The summed E-state index contributed by atoms with van der Waals surface area (Å²) < 4.78 is 0. The predicted molar refractivity (Wildman–Crippen MR) is 80.9 cm³/mol. The summed E-state index contributed by atoms with van der Waals surface area (Å²) in [5, 5.41) is 2.86. The smallest absolute Gasteiger partial charge is 0.253 e. The molecule has 0 aromatic heterocycles. The number of carbonyl (C=O) groups excluding carboxylic acids is 2. The molecule has 20 heavy (non-hydrogen) atoms. The first kappa shape index (κ1) is 16.2. The van der Waals surface area contributed by atoms with Gasteiger partial charge >= 0.3 is 0 Å². The van der Waals surface area contributed by atoms with Crippen LogP contribution < -0.4 is 5.32 Å². The van der Waals surface area contributed by atoms with Crippen molar-refractivity contribution in [3.63, 3.8) is 0 Å². The molecule has 0 saturated carbocycles. The summed E-state index contributed by atoms with van der Waals surface area (Å²) in [5.41, 5.74) is 1.22. The van der Waals surface area contributed by atoms with Crippen LogP contribution in [0, 0.1) is 0 Å². The molecule has 4 nitrogen and oxygen atoms in total. The summed E-state index contributed by atoms with van der Waals surface area (Å²) in [6.07, 6.45) is 2.03. The maximum absolute atomic E-state index is 12.1. The lowest BCUT2D eigenvalue weighted by molar-refractivity contribution is 0.0772. The number of nitrogens with zero attached hydrogens (tertiary/aromatic N) is 1. The van der Waals surface area contributed by atoms with Gasteiger partial charge < -0.3 is 10.2 Å². The first-order chi connectivity index (χ1) is 9.63. The molecule has 0 aliphatic rings. The first-order valence-electron chi connectivity index (χ1n) is 7.31. The van der Waals surface area contributed by atoms with Gasteiger partial charge in [-0.25, -0.2) is 0 Å². The molecule has 4 heteroatoms. The topological polar surface area (TPSA) is 49.4 Å². The van der Waals surface area contributed by atoms with E-state index < -0.39 is 0 Å². The van der Waals surface area contributed by atoms with Crippen LogP contribution in [0.5, 0.6) is 0 Å². The number of rotatable bonds is 7. The van der Waals surface area contributed by atoms with Crippen LogP contribution >= 0.6 is 0 Å². The standard InChI is InChI=1S/C16H24N2O2/c1-4-7-12-17-15(19)13-8-10-14(11-9-13)16(20)18(5-2)6-3/h8-11H,4-7,12H2,1-3H3,(H,17,19). The van der Waals surface area contributed by atoms with E-state index >= 15 is 0 Å². The highest BCUT2D eigenvalue weighted by atomic mass is 16.2. The third-order valence-electron chi connectivity index (χ3n) is 3.26. The van der Waals surface area contributed by atoms with E-state index in [1.165, 1.54) is 0 Å². The molecule has 0 aliphatic heterocycles. The quantitative estimate of drug-likeness (QED) is 0.778. The Bertz CT molecular complexity index is 436. The zero-order chi connectivity index (χ0) is 15.0. The molecule has 1 aromatic carbocycles. The van der Waals surface area contributed by atoms with Gasteiger partial charge in [-0.1, -0.05) is 13.3 Å². The zero-order valence-electron chi connectivity index (χ0n) is 12.6. The van der Waals surface area contributed by atoms with Gasteiger partial charge in [0.25, 0.3) is 11.8 Å². The van der Waals surface area contributed by atoms with Crippen molar-refractivity contribution in [1.82, 2.24) is 10.2 Å². The van der Waals surface area contributed by atoms with Gasteiger partial charge in [0, 0.05) is 30.8 Å². The van der Waals surface area contributed by atoms with E-state index in [1.807, 2.05) is 13.8 Å². The van der Waals surface area contributed by atoms with Crippen molar-refractivity contribution < 1.29 is 9.59 Å². The van der Waals surface area contributed by atoms with Crippen molar-refractivity contribution >= 4 is 11.8 Å². The van der Waals surface area contributed by atoms with E-state index in [0.29, 0.717) is 30.8 Å². The van der Waals surface area contributed by atoms with Crippen molar-refractivity contribution in [3.8, 4) is 0 Å². The molecular weight excluding hydrogens is 252 g/mol. The Kier molecular flexibility index (Phi) is 6.77. The SMILES string of the molecule is CCCCNC(=O)c1ccc(C(=O)N(CC)CC)cc1. The average Bonchev–Trinajstić information content (AvgIpc) is 2.48. The van der Waals surface area contributed by atoms with Gasteiger partial charge in [0.1, 0.15) is 0 Å². The van der Waals surface area contributed by atoms with Gasteiger partial charge in [0.05, 0.1) is 0 Å². The molecule has 0 saturated heterocycles. The van der Waals surface area contributed by atoms with Crippen molar-refractivity contribution in [3.05, 3.63) is 35.4 Å². The van der Waals surface area contributed by atoms with E-state index in [1.54, 1.807) is 29.2 Å². The minimum Gasteiger partial charge on any atom is -0.352 e. The molecule has 0 heterocycles. The van der Waals surface area contributed by atoms with Gasteiger partial charge in [-0.05, 0) is 44.5 Å². The molecule has 110 valence electrons. The van der Waals surface area contributed by atoms with Gasteiger partial charge in [-0.3, -0.25) is 9.59 Å². The molecule has 0 radical (unpaired) electrons. The average molecular weight is 276 g/mol. The zero-order valence-corrected chi connectivity index (χ0v) is 12.6. The van der Waals surface area contributed by atoms with E-state index in [4.69, 9.17) is 0 Å². The van der Waals surface area contributed by atoms with Crippen LogP contribution in [-0.2, 0) is 0 Å². The second-order valence-electron chi connectivity index (χ2n) is 4.66. The molecule has 0 bridgehead atoms. The van der Waals surface area contributed by atoms with Gasteiger partial charge in [-0.15, -0.1) is 0 Å². The lowest BCUT2D eigenvalue weighted by atomic mass is 10.1. The van der Waals surface area contributed by atoms with E-state index in [2.05, 4.69) is 12.2 Å². The van der Waals surface area contributed by atoms with Crippen molar-refractivity contribution in [2.45, 2.75) is 33.6 Å². The summed E-state index contributed by atoms with van der Waals surface area (Å²) >= 11 is 0. The fourth-order valence-corrected chi connectivity index (χ4v) is 1.94. The summed E-state index contributed by atoms with van der Waals surface area (Å²) in [4.78, 5) is 25.7. The maximum Gasteiger partial charge on any atom is 0.253 e. The number of amides is 2. The lowest BCUT2D eigenvalue weighted by Crippen LogP contribution is -2.30.